The van der Waals surface area contributed by atoms with Crippen LogP contribution < -0.4 is 10.6 Å². The predicted molar refractivity (Wildman–Crippen MR) is 52.9 cm³/mol. The van der Waals surface area contributed by atoms with Crippen molar-refractivity contribution in [1.29, 1.82) is 0 Å². The molecular weight excluding hydrogens is 182 g/mol. The van der Waals surface area contributed by atoms with Crippen molar-refractivity contribution in [3.63, 3.8) is 0 Å². The van der Waals surface area contributed by atoms with E-state index in [-0.39, 0.29) is 18.5 Å². The van der Waals surface area contributed by atoms with Gasteiger partial charge in [0, 0.05) is 12.6 Å². The molecule has 0 radical (unpaired) electrons. The number of urea groups is 1. The summed E-state index contributed by atoms with van der Waals surface area (Å²) in [6, 6.07) is 0.178. The monoisotopic (exact) mass is 199 g/mol. The summed E-state index contributed by atoms with van der Waals surface area (Å²) in [5, 5.41) is 5.72. The zero-order valence-electron chi connectivity index (χ0n) is 8.67. The van der Waals surface area contributed by atoms with Crippen molar-refractivity contribution in [3.05, 3.63) is 0 Å². The lowest BCUT2D eigenvalue weighted by molar-refractivity contribution is -0.125. The number of carbonyl (C=O) groups excluding carboxylic acids is 2. The number of nitrogens with zero attached hydrogens (tertiary/aromatic N) is 1. The number of nitrogens with one attached hydrogen (secondary N) is 2. The molecule has 0 aromatic carbocycles. The third-order valence-electron chi connectivity index (χ3n) is 2.05. The topological polar surface area (TPSA) is 61.4 Å². The number of hydrogen-bond acceptors (Lipinski definition) is 3. The van der Waals surface area contributed by atoms with Crippen molar-refractivity contribution in [2.24, 2.45) is 0 Å². The first-order chi connectivity index (χ1) is 6.61. The molecule has 1 rings (SSSR count). The maximum Gasteiger partial charge on any atom is 0.324 e. The Hall–Kier alpha value is -1.10. The van der Waals surface area contributed by atoms with Crippen LogP contribution in [0.1, 0.15) is 20.3 Å². The Morgan fingerprint density at radius 1 is 1.50 bits per heavy atom. The molecule has 1 aliphatic heterocycles. The molecule has 0 aliphatic carbocycles. The molecule has 0 aromatic heterocycles. The largest absolute Gasteiger partial charge is 0.329 e. The standard InChI is InChI=1S/C9H17N3O2/c1-7(2)10-4-3-5-12-8(13)6-11-9(12)14/h7,10H,3-6H2,1-2H3,(H,11,14). The maximum atomic E-state index is 11.1. The summed E-state index contributed by atoms with van der Waals surface area (Å²) in [6.45, 7) is 5.61. The van der Waals surface area contributed by atoms with E-state index in [2.05, 4.69) is 24.5 Å². The van der Waals surface area contributed by atoms with Gasteiger partial charge in [-0.2, -0.15) is 0 Å². The average Bonchev–Trinajstić information content (AvgIpc) is 2.42. The molecular formula is C9H17N3O2. The van der Waals surface area contributed by atoms with Gasteiger partial charge in [0.25, 0.3) is 0 Å². The molecule has 1 heterocycles. The van der Waals surface area contributed by atoms with Crippen molar-refractivity contribution in [3.8, 4) is 0 Å². The highest BCUT2D eigenvalue weighted by Gasteiger charge is 2.27. The minimum Gasteiger partial charge on any atom is -0.329 e. The lowest BCUT2D eigenvalue weighted by atomic mass is 10.3. The Labute approximate surface area is 83.8 Å². The van der Waals surface area contributed by atoms with E-state index in [9.17, 15) is 9.59 Å². The summed E-state index contributed by atoms with van der Waals surface area (Å²) in [6.07, 6.45) is 0.803. The second-order valence-electron chi connectivity index (χ2n) is 3.67. The molecule has 0 saturated carbocycles. The number of amides is 3. The molecule has 5 heteroatoms. The second kappa shape index (κ2) is 4.95. The first kappa shape index (κ1) is 11.0. The van der Waals surface area contributed by atoms with E-state index in [0.717, 1.165) is 13.0 Å². The fourth-order valence-electron chi connectivity index (χ4n) is 1.31. The van der Waals surface area contributed by atoms with Gasteiger partial charge in [-0.25, -0.2) is 4.79 Å². The zero-order chi connectivity index (χ0) is 10.6. The molecule has 0 unspecified atom stereocenters. The van der Waals surface area contributed by atoms with Crippen LogP contribution in [0.5, 0.6) is 0 Å². The molecule has 1 fully saturated rings. The predicted octanol–water partition coefficient (Wildman–Crippen LogP) is -0.0737. The van der Waals surface area contributed by atoms with E-state index >= 15 is 0 Å². The molecule has 1 aliphatic rings. The fourth-order valence-corrected chi connectivity index (χ4v) is 1.31. The first-order valence-electron chi connectivity index (χ1n) is 4.93. The Morgan fingerprint density at radius 2 is 2.21 bits per heavy atom. The van der Waals surface area contributed by atoms with Crippen molar-refractivity contribution in [2.45, 2.75) is 26.3 Å². The number of hydrogen-bond donors (Lipinski definition) is 2. The van der Waals surface area contributed by atoms with Gasteiger partial charge in [0.1, 0.15) is 0 Å². The van der Waals surface area contributed by atoms with Gasteiger partial charge >= 0.3 is 6.03 Å². The van der Waals surface area contributed by atoms with Crippen molar-refractivity contribution < 1.29 is 9.59 Å². The smallest absolute Gasteiger partial charge is 0.324 e. The van der Waals surface area contributed by atoms with Crippen molar-refractivity contribution in [1.82, 2.24) is 15.5 Å². The van der Waals surface area contributed by atoms with Gasteiger partial charge in [-0.3, -0.25) is 9.69 Å². The van der Waals surface area contributed by atoms with Crippen LogP contribution in [-0.2, 0) is 4.79 Å². The molecule has 0 atom stereocenters. The minimum atomic E-state index is -0.264. The molecule has 0 bridgehead atoms. The Morgan fingerprint density at radius 3 is 2.71 bits per heavy atom. The summed E-state index contributed by atoms with van der Waals surface area (Å²) in [5.41, 5.74) is 0. The summed E-state index contributed by atoms with van der Waals surface area (Å²) in [4.78, 5) is 23.5. The quantitative estimate of drug-likeness (QED) is 0.481. The van der Waals surface area contributed by atoms with E-state index in [1.165, 1.54) is 4.90 Å². The lowest BCUT2D eigenvalue weighted by Crippen LogP contribution is -2.34. The highest BCUT2D eigenvalue weighted by Crippen LogP contribution is 1.99. The normalized spacial score (nSPS) is 16.6. The number of imide groups is 1. The maximum absolute atomic E-state index is 11.1. The Kier molecular flexibility index (Phi) is 3.88. The lowest BCUT2D eigenvalue weighted by Gasteiger charge is -2.13. The van der Waals surface area contributed by atoms with Crippen LogP contribution in [-0.4, -0.2) is 42.5 Å². The van der Waals surface area contributed by atoms with Crippen LogP contribution >= 0.6 is 0 Å². The highest BCUT2D eigenvalue weighted by molar-refractivity contribution is 6.01. The summed E-state index contributed by atoms with van der Waals surface area (Å²) in [5.74, 6) is -0.125. The summed E-state index contributed by atoms with van der Waals surface area (Å²) < 4.78 is 0. The van der Waals surface area contributed by atoms with Gasteiger partial charge in [-0.05, 0) is 13.0 Å². The highest BCUT2D eigenvalue weighted by atomic mass is 16.2. The van der Waals surface area contributed by atoms with Gasteiger partial charge < -0.3 is 10.6 Å². The number of carbonyl (C=O) groups is 2. The molecule has 0 aromatic rings. The second-order valence-corrected chi connectivity index (χ2v) is 3.67. The van der Waals surface area contributed by atoms with E-state index in [0.29, 0.717) is 12.6 Å². The molecule has 1 saturated heterocycles. The molecule has 5 nitrogen and oxygen atoms in total. The minimum absolute atomic E-state index is 0.125. The fraction of sp³-hybridized carbons (Fsp3) is 0.778. The summed E-state index contributed by atoms with van der Waals surface area (Å²) in [7, 11) is 0. The van der Waals surface area contributed by atoms with E-state index in [1.54, 1.807) is 0 Å². The zero-order valence-corrected chi connectivity index (χ0v) is 8.67. The summed E-state index contributed by atoms with van der Waals surface area (Å²) >= 11 is 0. The van der Waals surface area contributed by atoms with Gasteiger partial charge in [-0.15, -0.1) is 0 Å². The van der Waals surface area contributed by atoms with Crippen molar-refractivity contribution >= 4 is 11.9 Å². The third kappa shape index (κ3) is 2.99. The van der Waals surface area contributed by atoms with Gasteiger partial charge in [0.05, 0.1) is 6.54 Å². The van der Waals surface area contributed by atoms with Crippen LogP contribution in [0.2, 0.25) is 0 Å². The number of rotatable bonds is 5. The van der Waals surface area contributed by atoms with Crippen molar-refractivity contribution in [2.75, 3.05) is 19.6 Å². The Balaban J connectivity index is 2.17. The van der Waals surface area contributed by atoms with Crippen LogP contribution in [0, 0.1) is 0 Å². The SMILES string of the molecule is CC(C)NCCCN1C(=O)CNC1=O. The molecule has 0 spiro atoms. The van der Waals surface area contributed by atoms with Crippen LogP contribution in [0.4, 0.5) is 4.79 Å². The van der Waals surface area contributed by atoms with Gasteiger partial charge in [0.2, 0.25) is 5.91 Å². The molecule has 2 N–H and O–H groups in total. The molecule has 14 heavy (non-hydrogen) atoms. The van der Waals surface area contributed by atoms with E-state index in [1.807, 2.05) is 0 Å². The Bertz CT molecular complexity index is 212. The van der Waals surface area contributed by atoms with E-state index < -0.39 is 0 Å². The third-order valence-corrected chi connectivity index (χ3v) is 2.05. The van der Waals surface area contributed by atoms with Crippen LogP contribution in [0.25, 0.3) is 0 Å². The molecule has 3 amide bonds. The first-order valence-corrected chi connectivity index (χ1v) is 4.93. The van der Waals surface area contributed by atoms with Gasteiger partial charge in [-0.1, -0.05) is 13.8 Å². The van der Waals surface area contributed by atoms with E-state index in [4.69, 9.17) is 0 Å². The average molecular weight is 199 g/mol. The van der Waals surface area contributed by atoms with Gasteiger partial charge in [0.15, 0.2) is 0 Å². The van der Waals surface area contributed by atoms with Crippen LogP contribution in [0.3, 0.4) is 0 Å². The molecule has 80 valence electrons. The van der Waals surface area contributed by atoms with Crippen LogP contribution in [0.15, 0.2) is 0 Å².